The molecular formula is C19H24FN3O2S. The number of halogens is 1. The van der Waals surface area contributed by atoms with Gasteiger partial charge < -0.3 is 15.4 Å². The molecule has 1 aliphatic heterocycles. The molecule has 0 radical (unpaired) electrons. The van der Waals surface area contributed by atoms with E-state index in [0.717, 1.165) is 25.1 Å². The van der Waals surface area contributed by atoms with Crippen LogP contribution in [0.4, 0.5) is 15.8 Å². The van der Waals surface area contributed by atoms with E-state index in [1.54, 1.807) is 17.6 Å². The van der Waals surface area contributed by atoms with Crippen molar-refractivity contribution in [1.29, 1.82) is 0 Å². The Morgan fingerprint density at radius 3 is 2.88 bits per heavy atom. The summed E-state index contributed by atoms with van der Waals surface area (Å²) in [6.07, 6.45) is 2.18. The standard InChI is InChI=1S/C19H24FN3O2S/c1-19(2,3)17-16(26-11-22-17)18(24)23-12-6-7-15(14(20)9-12)21-10-13-5-4-8-25-13/h6-7,9,11,13,21H,4-5,8,10H2,1-3H3,(H,23,24)/t13-/m1/s1. The lowest BCUT2D eigenvalue weighted by Crippen LogP contribution is -2.20. The van der Waals surface area contributed by atoms with Crippen molar-refractivity contribution in [1.82, 2.24) is 4.98 Å². The van der Waals surface area contributed by atoms with Crippen molar-refractivity contribution in [3.8, 4) is 0 Å². The minimum absolute atomic E-state index is 0.135. The maximum absolute atomic E-state index is 14.3. The molecule has 140 valence electrons. The quantitative estimate of drug-likeness (QED) is 0.809. The van der Waals surface area contributed by atoms with E-state index in [0.29, 0.717) is 22.8 Å². The maximum Gasteiger partial charge on any atom is 0.267 e. The second kappa shape index (κ2) is 7.72. The fourth-order valence-electron chi connectivity index (χ4n) is 2.89. The zero-order chi connectivity index (χ0) is 18.7. The second-order valence-corrected chi connectivity index (χ2v) is 8.30. The van der Waals surface area contributed by atoms with Gasteiger partial charge in [0.15, 0.2) is 0 Å². The number of nitrogens with one attached hydrogen (secondary N) is 2. The largest absolute Gasteiger partial charge is 0.380 e. The summed E-state index contributed by atoms with van der Waals surface area (Å²) in [7, 11) is 0. The fourth-order valence-corrected chi connectivity index (χ4v) is 3.79. The van der Waals surface area contributed by atoms with Crippen molar-refractivity contribution < 1.29 is 13.9 Å². The van der Waals surface area contributed by atoms with Crippen LogP contribution in [0.5, 0.6) is 0 Å². The molecule has 1 amide bonds. The van der Waals surface area contributed by atoms with Gasteiger partial charge in [0.25, 0.3) is 5.91 Å². The smallest absolute Gasteiger partial charge is 0.267 e. The Kier molecular flexibility index (Phi) is 5.58. The first-order valence-corrected chi connectivity index (χ1v) is 9.63. The minimum Gasteiger partial charge on any atom is -0.380 e. The summed E-state index contributed by atoms with van der Waals surface area (Å²) >= 11 is 1.29. The van der Waals surface area contributed by atoms with Crippen molar-refractivity contribution >= 4 is 28.6 Å². The van der Waals surface area contributed by atoms with Crippen LogP contribution in [0.25, 0.3) is 0 Å². The van der Waals surface area contributed by atoms with Gasteiger partial charge >= 0.3 is 0 Å². The Bertz CT molecular complexity index is 779. The van der Waals surface area contributed by atoms with E-state index < -0.39 is 5.82 Å². The van der Waals surface area contributed by atoms with Crippen LogP contribution in [0, 0.1) is 5.82 Å². The van der Waals surface area contributed by atoms with Crippen LogP contribution in [-0.2, 0) is 10.2 Å². The number of anilines is 2. The first kappa shape index (κ1) is 18.8. The van der Waals surface area contributed by atoms with E-state index in [1.165, 1.54) is 17.4 Å². The maximum atomic E-state index is 14.3. The number of hydrogen-bond acceptors (Lipinski definition) is 5. The molecule has 26 heavy (non-hydrogen) atoms. The van der Waals surface area contributed by atoms with Crippen molar-refractivity contribution in [3.63, 3.8) is 0 Å². The highest BCUT2D eigenvalue weighted by molar-refractivity contribution is 7.12. The Morgan fingerprint density at radius 1 is 1.42 bits per heavy atom. The first-order chi connectivity index (χ1) is 12.3. The van der Waals surface area contributed by atoms with Gasteiger partial charge in [-0.05, 0) is 31.0 Å². The zero-order valence-corrected chi connectivity index (χ0v) is 16.1. The van der Waals surface area contributed by atoms with Crippen LogP contribution in [0.1, 0.15) is 49.0 Å². The summed E-state index contributed by atoms with van der Waals surface area (Å²) < 4.78 is 19.8. The molecule has 2 N–H and O–H groups in total. The van der Waals surface area contributed by atoms with Gasteiger partial charge in [0, 0.05) is 24.3 Å². The summed E-state index contributed by atoms with van der Waals surface area (Å²) in [6.45, 7) is 7.37. The van der Waals surface area contributed by atoms with Crippen LogP contribution in [-0.4, -0.2) is 30.1 Å². The molecule has 2 heterocycles. The number of amides is 1. The Labute approximate surface area is 157 Å². The molecule has 1 saturated heterocycles. The Balaban J connectivity index is 1.66. The van der Waals surface area contributed by atoms with Crippen molar-refractivity contribution in [2.45, 2.75) is 45.1 Å². The Morgan fingerprint density at radius 2 is 2.23 bits per heavy atom. The highest BCUT2D eigenvalue weighted by Gasteiger charge is 2.25. The number of hydrogen-bond donors (Lipinski definition) is 2. The van der Waals surface area contributed by atoms with Crippen molar-refractivity contribution in [2.75, 3.05) is 23.8 Å². The van der Waals surface area contributed by atoms with Crippen LogP contribution < -0.4 is 10.6 Å². The molecule has 5 nitrogen and oxygen atoms in total. The topological polar surface area (TPSA) is 63.2 Å². The number of ether oxygens (including phenoxy) is 1. The molecule has 1 aromatic heterocycles. The number of rotatable bonds is 5. The molecule has 7 heteroatoms. The summed E-state index contributed by atoms with van der Waals surface area (Å²) in [5.41, 5.74) is 3.01. The van der Waals surface area contributed by atoms with Crippen LogP contribution in [0.3, 0.4) is 0 Å². The van der Waals surface area contributed by atoms with E-state index in [4.69, 9.17) is 4.74 Å². The molecule has 0 unspecified atom stereocenters. The van der Waals surface area contributed by atoms with Gasteiger partial charge in [-0.2, -0.15) is 0 Å². The molecule has 1 aromatic carbocycles. The second-order valence-electron chi connectivity index (χ2n) is 7.44. The summed E-state index contributed by atoms with van der Waals surface area (Å²) in [4.78, 5) is 17.4. The van der Waals surface area contributed by atoms with Gasteiger partial charge in [0.2, 0.25) is 0 Å². The average Bonchev–Trinajstić information content (AvgIpc) is 3.25. The predicted molar refractivity (Wildman–Crippen MR) is 103 cm³/mol. The highest BCUT2D eigenvalue weighted by atomic mass is 32.1. The number of nitrogens with zero attached hydrogens (tertiary/aromatic N) is 1. The fraction of sp³-hybridized carbons (Fsp3) is 0.474. The van der Waals surface area contributed by atoms with Gasteiger partial charge in [-0.15, -0.1) is 11.3 Å². The molecule has 0 aliphatic carbocycles. The van der Waals surface area contributed by atoms with E-state index >= 15 is 0 Å². The van der Waals surface area contributed by atoms with Gasteiger partial charge in [-0.3, -0.25) is 4.79 Å². The molecule has 0 saturated carbocycles. The van der Waals surface area contributed by atoms with Gasteiger partial charge in [0.05, 0.1) is 23.0 Å². The van der Waals surface area contributed by atoms with Gasteiger partial charge in [-0.1, -0.05) is 20.8 Å². The normalized spacial score (nSPS) is 17.3. The molecule has 2 aromatic rings. The first-order valence-electron chi connectivity index (χ1n) is 8.75. The highest BCUT2D eigenvalue weighted by Crippen LogP contribution is 2.28. The monoisotopic (exact) mass is 377 g/mol. The SMILES string of the molecule is CC(C)(C)c1ncsc1C(=O)Nc1ccc(NC[C@H]2CCCO2)c(F)c1. The number of carbonyl (C=O) groups is 1. The van der Waals surface area contributed by atoms with Crippen molar-refractivity contribution in [3.05, 3.63) is 40.1 Å². The summed E-state index contributed by atoms with van der Waals surface area (Å²) in [6, 6.07) is 4.65. The molecular weight excluding hydrogens is 353 g/mol. The lowest BCUT2D eigenvalue weighted by atomic mass is 9.91. The van der Waals surface area contributed by atoms with Crippen LogP contribution in [0.15, 0.2) is 23.7 Å². The summed E-state index contributed by atoms with van der Waals surface area (Å²) in [5.74, 6) is -0.668. The molecule has 1 aliphatic rings. The third kappa shape index (κ3) is 4.40. The van der Waals surface area contributed by atoms with Crippen LogP contribution in [0.2, 0.25) is 0 Å². The lowest BCUT2D eigenvalue weighted by molar-refractivity contribution is 0.102. The number of benzene rings is 1. The lowest BCUT2D eigenvalue weighted by Gasteiger charge is -2.17. The van der Waals surface area contributed by atoms with E-state index in [2.05, 4.69) is 15.6 Å². The number of carbonyl (C=O) groups excluding carboxylic acids is 1. The predicted octanol–water partition coefficient (Wildman–Crippen LogP) is 4.42. The van der Waals surface area contributed by atoms with Crippen molar-refractivity contribution in [2.24, 2.45) is 0 Å². The van der Waals surface area contributed by atoms with E-state index in [-0.39, 0.29) is 17.4 Å². The molecule has 0 bridgehead atoms. The van der Waals surface area contributed by atoms with E-state index in [9.17, 15) is 9.18 Å². The van der Waals surface area contributed by atoms with E-state index in [1.807, 2.05) is 20.8 Å². The number of thiazole rings is 1. The average molecular weight is 377 g/mol. The van der Waals surface area contributed by atoms with Gasteiger partial charge in [-0.25, -0.2) is 9.37 Å². The number of aromatic nitrogens is 1. The third-order valence-electron chi connectivity index (χ3n) is 4.26. The summed E-state index contributed by atoms with van der Waals surface area (Å²) in [5, 5.41) is 5.83. The molecule has 1 fully saturated rings. The van der Waals surface area contributed by atoms with Crippen LogP contribution >= 0.6 is 11.3 Å². The molecule has 1 atom stereocenters. The Hall–Kier alpha value is -1.99. The third-order valence-corrected chi connectivity index (χ3v) is 5.08. The molecule has 0 spiro atoms. The minimum atomic E-state index is -0.402. The van der Waals surface area contributed by atoms with Gasteiger partial charge in [0.1, 0.15) is 10.7 Å². The zero-order valence-electron chi connectivity index (χ0n) is 15.3. The molecule has 3 rings (SSSR count).